The molecule has 2 aliphatic carbocycles. The van der Waals surface area contributed by atoms with Crippen LogP contribution in [0.2, 0.25) is 0 Å². The van der Waals surface area contributed by atoms with E-state index < -0.39 is 0 Å². The zero-order valence-electron chi connectivity index (χ0n) is 14.1. The molecular weight excluding hydrogens is 278 g/mol. The molecule has 126 valence electrons. The summed E-state index contributed by atoms with van der Waals surface area (Å²) in [5.41, 5.74) is 0. The molecule has 0 aromatic rings. The van der Waals surface area contributed by atoms with E-state index in [9.17, 15) is 9.59 Å². The van der Waals surface area contributed by atoms with E-state index in [0.717, 1.165) is 12.5 Å². The van der Waals surface area contributed by atoms with Crippen LogP contribution in [0.15, 0.2) is 0 Å². The molecule has 0 aromatic heterocycles. The number of nitrogens with zero attached hydrogens (tertiary/aromatic N) is 1. The summed E-state index contributed by atoms with van der Waals surface area (Å²) in [6.07, 6.45) is 8.98. The van der Waals surface area contributed by atoms with Crippen molar-refractivity contribution in [3.63, 3.8) is 0 Å². The van der Waals surface area contributed by atoms with Crippen LogP contribution in [0, 0.1) is 11.8 Å². The topological polar surface area (TPSA) is 61.4 Å². The third-order valence-electron chi connectivity index (χ3n) is 4.55. The number of urea groups is 1. The van der Waals surface area contributed by atoms with Gasteiger partial charge in [-0.3, -0.25) is 15.0 Å². The van der Waals surface area contributed by atoms with E-state index in [1.54, 1.807) is 0 Å². The number of nitrogens with one attached hydrogen (secondary N) is 2. The summed E-state index contributed by atoms with van der Waals surface area (Å²) < 4.78 is 0. The van der Waals surface area contributed by atoms with Gasteiger partial charge in [-0.25, -0.2) is 4.79 Å². The normalized spacial score (nSPS) is 19.5. The van der Waals surface area contributed by atoms with Crippen molar-refractivity contribution in [2.24, 2.45) is 11.8 Å². The summed E-state index contributed by atoms with van der Waals surface area (Å²) in [5, 5.41) is 5.18. The molecule has 0 spiro atoms. The number of carbonyl (C=O) groups is 2. The number of carbonyl (C=O) groups excluding carboxylic acids is 2. The maximum absolute atomic E-state index is 12.1. The van der Waals surface area contributed by atoms with Gasteiger partial charge in [-0.1, -0.05) is 33.1 Å². The van der Waals surface area contributed by atoms with E-state index in [2.05, 4.69) is 15.5 Å². The van der Waals surface area contributed by atoms with Crippen LogP contribution < -0.4 is 10.6 Å². The monoisotopic (exact) mass is 309 g/mol. The van der Waals surface area contributed by atoms with Crippen molar-refractivity contribution in [2.75, 3.05) is 19.6 Å². The predicted octanol–water partition coefficient (Wildman–Crippen LogP) is 2.51. The first-order valence-corrected chi connectivity index (χ1v) is 8.86. The Morgan fingerprint density at radius 3 is 2.36 bits per heavy atom. The van der Waals surface area contributed by atoms with Crippen LogP contribution in [0.3, 0.4) is 0 Å². The average Bonchev–Trinajstić information content (AvgIpc) is 3.30. The van der Waals surface area contributed by atoms with Gasteiger partial charge in [0.2, 0.25) is 5.91 Å². The lowest BCUT2D eigenvalue weighted by molar-refractivity contribution is -0.121. The van der Waals surface area contributed by atoms with E-state index >= 15 is 0 Å². The van der Waals surface area contributed by atoms with Gasteiger partial charge in [-0.2, -0.15) is 0 Å². The Bertz CT molecular complexity index is 374. The van der Waals surface area contributed by atoms with Gasteiger partial charge in [0.25, 0.3) is 0 Å². The minimum Gasteiger partial charge on any atom is -0.338 e. The van der Waals surface area contributed by atoms with Crippen LogP contribution in [0.1, 0.15) is 58.8 Å². The van der Waals surface area contributed by atoms with Crippen molar-refractivity contribution < 1.29 is 9.59 Å². The molecule has 3 amide bonds. The van der Waals surface area contributed by atoms with Gasteiger partial charge in [0.15, 0.2) is 0 Å². The summed E-state index contributed by atoms with van der Waals surface area (Å²) in [7, 11) is 0. The molecule has 0 radical (unpaired) electrons. The fourth-order valence-corrected chi connectivity index (χ4v) is 3.18. The van der Waals surface area contributed by atoms with Crippen molar-refractivity contribution >= 4 is 11.9 Å². The van der Waals surface area contributed by atoms with Crippen LogP contribution in [-0.4, -0.2) is 42.5 Å². The molecular formula is C17H31N3O2. The minimum absolute atomic E-state index is 0.177. The van der Waals surface area contributed by atoms with Gasteiger partial charge < -0.3 is 5.32 Å². The van der Waals surface area contributed by atoms with Gasteiger partial charge in [0, 0.05) is 19.1 Å². The molecule has 0 unspecified atom stereocenters. The smallest absolute Gasteiger partial charge is 0.321 e. The number of hydrogen-bond donors (Lipinski definition) is 2. The van der Waals surface area contributed by atoms with E-state index in [4.69, 9.17) is 0 Å². The van der Waals surface area contributed by atoms with Crippen molar-refractivity contribution in [3.05, 3.63) is 0 Å². The summed E-state index contributed by atoms with van der Waals surface area (Å²) in [6.45, 7) is 6.03. The van der Waals surface area contributed by atoms with Crippen molar-refractivity contribution in [1.29, 1.82) is 0 Å². The molecule has 5 heteroatoms. The molecule has 2 aliphatic rings. The van der Waals surface area contributed by atoms with Gasteiger partial charge in [-0.15, -0.1) is 0 Å². The van der Waals surface area contributed by atoms with E-state index in [-0.39, 0.29) is 11.9 Å². The number of amides is 3. The van der Waals surface area contributed by atoms with Crippen molar-refractivity contribution in [1.82, 2.24) is 15.5 Å². The SMILES string of the molecule is CC(C)CNC(=O)NC(=O)CN(CC1CCCCC1)C1CC1. The zero-order chi connectivity index (χ0) is 15.9. The minimum atomic E-state index is -0.368. The van der Waals surface area contributed by atoms with Crippen LogP contribution >= 0.6 is 0 Å². The van der Waals surface area contributed by atoms with E-state index in [1.165, 1.54) is 44.9 Å². The summed E-state index contributed by atoms with van der Waals surface area (Å²) in [6, 6.07) is 0.193. The Hall–Kier alpha value is -1.10. The maximum atomic E-state index is 12.1. The van der Waals surface area contributed by atoms with Crippen LogP contribution in [0.5, 0.6) is 0 Å². The van der Waals surface area contributed by atoms with Gasteiger partial charge in [0.05, 0.1) is 6.54 Å². The Morgan fingerprint density at radius 1 is 1.09 bits per heavy atom. The van der Waals surface area contributed by atoms with Gasteiger partial charge >= 0.3 is 6.03 Å². The first-order valence-electron chi connectivity index (χ1n) is 8.86. The summed E-state index contributed by atoms with van der Waals surface area (Å²) >= 11 is 0. The fourth-order valence-electron chi connectivity index (χ4n) is 3.18. The van der Waals surface area contributed by atoms with E-state index in [0.29, 0.717) is 25.0 Å². The van der Waals surface area contributed by atoms with Gasteiger partial charge in [0.1, 0.15) is 0 Å². The fraction of sp³-hybridized carbons (Fsp3) is 0.882. The Labute approximate surface area is 134 Å². The third-order valence-corrected chi connectivity index (χ3v) is 4.55. The largest absolute Gasteiger partial charge is 0.338 e. The molecule has 0 aliphatic heterocycles. The second-order valence-electron chi connectivity index (χ2n) is 7.32. The zero-order valence-corrected chi connectivity index (χ0v) is 14.1. The third kappa shape index (κ3) is 6.34. The highest BCUT2D eigenvalue weighted by Gasteiger charge is 2.32. The molecule has 0 saturated heterocycles. The summed E-state index contributed by atoms with van der Waals surface area (Å²) in [5.74, 6) is 0.941. The standard InChI is InChI=1S/C17H31N3O2/c1-13(2)10-18-17(22)19-16(21)12-20(15-8-9-15)11-14-6-4-3-5-7-14/h13-15H,3-12H2,1-2H3,(H2,18,19,21,22). The van der Waals surface area contributed by atoms with E-state index in [1.807, 2.05) is 13.8 Å². The quantitative estimate of drug-likeness (QED) is 0.759. The lowest BCUT2D eigenvalue weighted by atomic mass is 9.89. The first-order chi connectivity index (χ1) is 10.5. The Kier molecular flexibility index (Phi) is 6.68. The molecule has 5 nitrogen and oxygen atoms in total. The molecule has 22 heavy (non-hydrogen) atoms. The van der Waals surface area contributed by atoms with Crippen molar-refractivity contribution in [3.8, 4) is 0 Å². The maximum Gasteiger partial charge on any atom is 0.321 e. The van der Waals surface area contributed by atoms with Gasteiger partial charge in [-0.05, 0) is 37.5 Å². The second kappa shape index (κ2) is 8.51. The van der Waals surface area contributed by atoms with Crippen molar-refractivity contribution in [2.45, 2.75) is 64.8 Å². The Balaban J connectivity index is 1.72. The lowest BCUT2D eigenvalue weighted by Gasteiger charge is -2.29. The lowest BCUT2D eigenvalue weighted by Crippen LogP contribution is -2.46. The van der Waals surface area contributed by atoms with Crippen LogP contribution in [-0.2, 0) is 4.79 Å². The molecule has 0 heterocycles. The molecule has 2 rings (SSSR count). The molecule has 2 N–H and O–H groups in total. The highest BCUT2D eigenvalue weighted by atomic mass is 16.2. The average molecular weight is 309 g/mol. The molecule has 2 saturated carbocycles. The van der Waals surface area contributed by atoms with Crippen LogP contribution in [0.4, 0.5) is 4.79 Å². The highest BCUT2D eigenvalue weighted by molar-refractivity contribution is 5.95. The second-order valence-corrected chi connectivity index (χ2v) is 7.32. The number of hydrogen-bond acceptors (Lipinski definition) is 3. The Morgan fingerprint density at radius 2 is 1.77 bits per heavy atom. The highest BCUT2D eigenvalue weighted by Crippen LogP contribution is 2.30. The first kappa shape index (κ1) is 17.3. The predicted molar refractivity (Wildman–Crippen MR) is 87.5 cm³/mol. The molecule has 2 fully saturated rings. The summed E-state index contributed by atoms with van der Waals surface area (Å²) in [4.78, 5) is 26.0. The molecule has 0 atom stereocenters. The number of rotatable bonds is 7. The molecule has 0 bridgehead atoms. The van der Waals surface area contributed by atoms with Crippen LogP contribution in [0.25, 0.3) is 0 Å². The molecule has 0 aromatic carbocycles. The number of imide groups is 1.